The van der Waals surface area contributed by atoms with E-state index in [1.807, 2.05) is 45.2 Å². The Morgan fingerprint density at radius 1 is 0.969 bits per heavy atom. The molecule has 0 atom stereocenters. The van der Waals surface area contributed by atoms with Crippen molar-refractivity contribution in [3.63, 3.8) is 0 Å². The van der Waals surface area contributed by atoms with Crippen LogP contribution in [-0.2, 0) is 36.2 Å². The summed E-state index contributed by atoms with van der Waals surface area (Å²) in [5.41, 5.74) is 1.57. The number of phenolic OH excluding ortho intramolecular Hbond substituents is 1. The minimum atomic E-state index is -4.50. The molecule has 0 unspecified atom stereocenters. The molecule has 13 heteroatoms. The third-order valence-electron chi connectivity index (χ3n) is 4.52. The van der Waals surface area contributed by atoms with Gasteiger partial charge >= 0.3 is 270 Å². The van der Waals surface area contributed by atoms with E-state index >= 15 is 0 Å². The van der Waals surface area contributed by atoms with E-state index in [4.69, 9.17) is 4.42 Å². The number of phenols is 1. The molecule has 0 saturated carbocycles. The number of aromatic hydroxyl groups is 1. The van der Waals surface area contributed by atoms with Crippen molar-refractivity contribution in [2.24, 2.45) is 0 Å². The van der Waals surface area contributed by atoms with Gasteiger partial charge in [0.2, 0.25) is 0 Å². The van der Waals surface area contributed by atoms with E-state index in [9.17, 15) is 22.9 Å². The fourth-order valence-corrected chi connectivity index (χ4v) is 8.20. The van der Waals surface area contributed by atoms with Gasteiger partial charge in [-0.2, -0.15) is 0 Å². The summed E-state index contributed by atoms with van der Waals surface area (Å²) in [7, 11) is -4.50. The average molecular weight is 884 g/mol. The number of benzene rings is 3. The topological polar surface area (TPSA) is 136 Å². The predicted molar refractivity (Wildman–Crippen MR) is 125 cm³/mol. The zero-order valence-corrected chi connectivity index (χ0v) is 31.6. The van der Waals surface area contributed by atoms with E-state index in [1.54, 1.807) is 24.3 Å². The molecule has 1 heterocycles. The largest absolute Gasteiger partial charge is 1.00 e. The van der Waals surface area contributed by atoms with Crippen LogP contribution in [0.15, 0.2) is 56.6 Å². The van der Waals surface area contributed by atoms with Crippen LogP contribution in [0.3, 0.4) is 0 Å². The first-order valence-corrected chi connectivity index (χ1v) is 14.4. The Bertz CT molecular complexity index is 1460. The van der Waals surface area contributed by atoms with Gasteiger partial charge in [-0.05, 0) is 0 Å². The van der Waals surface area contributed by atoms with Gasteiger partial charge in [-0.1, -0.05) is 0 Å². The monoisotopic (exact) mass is 885 g/mol. The van der Waals surface area contributed by atoms with Crippen molar-refractivity contribution in [2.75, 3.05) is 0 Å². The molecule has 151 valence electrons. The molecule has 0 aromatic heterocycles. The second-order valence-electron chi connectivity index (χ2n) is 6.29. The summed E-state index contributed by atoms with van der Waals surface area (Å²) in [6, 6.07) is 10.9. The molecule has 0 spiro atoms. The molecule has 4 N–H and O–H groups in total. The Hall–Kier alpha value is 1.20. The molecule has 2 aliphatic rings. The van der Waals surface area contributed by atoms with Gasteiger partial charge in [-0.25, -0.2) is 0 Å². The van der Waals surface area contributed by atoms with Crippen LogP contribution >= 0.6 is 45.2 Å². The van der Waals surface area contributed by atoms with Crippen LogP contribution in [0.5, 0.6) is 5.75 Å². The van der Waals surface area contributed by atoms with E-state index in [0.717, 1.165) is 0 Å². The van der Waals surface area contributed by atoms with Crippen molar-refractivity contribution in [1.29, 1.82) is 0 Å². The third kappa shape index (κ3) is 5.77. The van der Waals surface area contributed by atoms with Crippen molar-refractivity contribution in [2.45, 2.75) is 4.90 Å². The van der Waals surface area contributed by atoms with Gasteiger partial charge in [0, 0.05) is 0 Å². The molecule has 0 fully saturated rings. The van der Waals surface area contributed by atoms with Crippen LogP contribution < -0.4 is 67.6 Å². The van der Waals surface area contributed by atoms with Crippen molar-refractivity contribution in [3.8, 4) is 28.2 Å². The van der Waals surface area contributed by atoms with E-state index in [-0.39, 0.29) is 113 Å². The Kier molecular flexibility index (Phi) is 11.7. The zero-order chi connectivity index (χ0) is 21.1. The maximum Gasteiger partial charge on any atom is 1.00 e. The van der Waals surface area contributed by atoms with Gasteiger partial charge in [-0.15, -0.1) is 0 Å². The summed E-state index contributed by atoms with van der Waals surface area (Å²) < 4.78 is 41.6. The molecule has 0 saturated heterocycles. The Morgan fingerprint density at radius 2 is 1.59 bits per heavy atom. The van der Waals surface area contributed by atoms with Crippen LogP contribution in [0.2, 0.25) is 0 Å². The second-order valence-corrected chi connectivity index (χ2v) is 12.8. The summed E-state index contributed by atoms with van der Waals surface area (Å²) in [4.78, 5) is 12.0. The van der Waals surface area contributed by atoms with E-state index in [0.29, 0.717) is 37.9 Å². The average Bonchev–Trinajstić information content (AvgIpc) is 2.66. The molecule has 7 nitrogen and oxygen atoms in total. The molecular weight excluding hydrogens is 873 g/mol. The first-order valence-electron chi connectivity index (χ1n) is 8.10. The summed E-state index contributed by atoms with van der Waals surface area (Å²) in [5, 5.41) is 11.0. The fourth-order valence-electron chi connectivity index (χ4n) is 3.24. The maximum atomic E-state index is 12.2. The first kappa shape index (κ1) is 31.2. The van der Waals surface area contributed by atoms with Crippen molar-refractivity contribution >= 4 is 69.3 Å². The van der Waals surface area contributed by atoms with E-state index < -0.39 is 10.1 Å². The summed E-state index contributed by atoms with van der Waals surface area (Å²) in [6.07, 6.45) is 0. The SMILES string of the molecule is O.O=c1cc2oc3[c]([Hg])c(O)c(I)cc3c(-c3ccccc3S(=O)(=O)O)c-2cc1I.[Na+].[Na+]. The standard InChI is InChI=1S/C19H9I2O6S.Hg.2Na.H2O/c20-12-5-10-16(7-14(12)22)27-17-8-15(23)13(21)6-11(17)19(10)9-3-1-2-4-18(9)28(24,25)26;;;;/h1-7,23H,(H,24,25,26);;;;1H2/q;;2*+1;. The summed E-state index contributed by atoms with van der Waals surface area (Å²) in [6.45, 7) is 0. The van der Waals surface area contributed by atoms with Crippen LogP contribution in [0.25, 0.3) is 33.4 Å². The summed E-state index contributed by atoms with van der Waals surface area (Å²) in [5.74, 6) is 0.418. The third-order valence-corrected chi connectivity index (χ3v) is 9.65. The van der Waals surface area contributed by atoms with Gasteiger partial charge in [0.15, 0.2) is 0 Å². The van der Waals surface area contributed by atoms with Gasteiger partial charge in [0.1, 0.15) is 0 Å². The maximum absolute atomic E-state index is 12.2. The molecule has 0 bridgehead atoms. The molecule has 4 rings (SSSR count). The minimum absolute atomic E-state index is 0. The first-order chi connectivity index (χ1) is 13.6. The molecule has 0 amide bonds. The Labute approximate surface area is 271 Å². The van der Waals surface area contributed by atoms with Crippen molar-refractivity contribution < 1.29 is 113 Å². The van der Waals surface area contributed by atoms with Crippen LogP contribution in [-0.4, -0.2) is 23.6 Å². The van der Waals surface area contributed by atoms with Gasteiger partial charge in [0.05, 0.1) is 0 Å². The summed E-state index contributed by atoms with van der Waals surface area (Å²) >= 11 is 3.92. The van der Waals surface area contributed by atoms with Crippen LogP contribution in [0.4, 0.5) is 0 Å². The zero-order valence-electron chi connectivity index (χ0n) is 16.9. The molecule has 2 aromatic rings. The molecule has 0 radical (unpaired) electrons. The molecule has 1 aliphatic heterocycles. The van der Waals surface area contributed by atoms with Crippen LogP contribution in [0.1, 0.15) is 0 Å². The number of rotatable bonds is 2. The van der Waals surface area contributed by atoms with Crippen molar-refractivity contribution in [3.05, 3.63) is 59.8 Å². The number of halogens is 2. The van der Waals surface area contributed by atoms with E-state index in [1.165, 1.54) is 18.2 Å². The van der Waals surface area contributed by atoms with Crippen molar-refractivity contribution in [1.82, 2.24) is 0 Å². The fraction of sp³-hybridized carbons (Fsp3) is 0. The quantitative estimate of drug-likeness (QED) is 0.0960. The Balaban J connectivity index is 0.00000171. The molecule has 2 aromatic carbocycles. The smallest absolute Gasteiger partial charge is 1.00 e. The molecular formula is C19H11HgI2Na2O7S+2. The van der Waals surface area contributed by atoms with Gasteiger partial charge in [-0.3, -0.25) is 0 Å². The molecule has 1 aliphatic carbocycles. The van der Waals surface area contributed by atoms with Gasteiger partial charge in [0.25, 0.3) is 0 Å². The predicted octanol–water partition coefficient (Wildman–Crippen LogP) is -2.92. The number of hydrogen-bond acceptors (Lipinski definition) is 5. The van der Waals surface area contributed by atoms with E-state index in [2.05, 4.69) is 0 Å². The van der Waals surface area contributed by atoms with Gasteiger partial charge < -0.3 is 5.48 Å². The van der Waals surface area contributed by atoms with Crippen LogP contribution in [0, 0.1) is 7.14 Å². The second kappa shape index (κ2) is 12.0. The number of hydrogen-bond donors (Lipinski definition) is 2. The number of fused-ring (bicyclic) bond motifs is 2. The Morgan fingerprint density at radius 3 is 2.22 bits per heavy atom. The normalized spacial score (nSPS) is 10.9. The molecule has 32 heavy (non-hydrogen) atoms. The minimum Gasteiger partial charge on any atom is 1.00 e.